The minimum Gasteiger partial charge on any atom is -0.447 e. The van der Waals surface area contributed by atoms with Gasteiger partial charge in [0.2, 0.25) is 17.7 Å². The number of likely N-dealkylation sites (tertiary alicyclic amines) is 1. The van der Waals surface area contributed by atoms with E-state index in [1.54, 1.807) is 17.1 Å². The number of β-lactam (4-membered cyclic amide) rings is 1. The number of halogens is 3. The van der Waals surface area contributed by atoms with Crippen molar-refractivity contribution in [2.75, 3.05) is 45.9 Å². The van der Waals surface area contributed by atoms with E-state index in [-0.39, 0.29) is 31.0 Å². The molecule has 3 aromatic carbocycles. The van der Waals surface area contributed by atoms with Gasteiger partial charge in [-0.15, -0.1) is 0 Å². The van der Waals surface area contributed by atoms with Crippen LogP contribution in [0.2, 0.25) is 0 Å². The molecule has 54 heavy (non-hydrogen) atoms. The number of hydrogen-bond acceptors (Lipinski definition) is 7. The highest BCUT2D eigenvalue weighted by Gasteiger charge is 2.58. The van der Waals surface area contributed by atoms with Crippen molar-refractivity contribution in [1.29, 1.82) is 0 Å². The lowest BCUT2D eigenvalue weighted by molar-refractivity contribution is -0.164. The molecule has 0 spiro atoms. The van der Waals surface area contributed by atoms with Gasteiger partial charge in [0.05, 0.1) is 24.1 Å². The first-order chi connectivity index (χ1) is 26.1. The first-order valence-corrected chi connectivity index (χ1v) is 18.4. The number of ether oxygens (including phenoxy) is 1. The van der Waals surface area contributed by atoms with Crippen molar-refractivity contribution in [1.82, 2.24) is 30.0 Å². The number of cyclic esters (lactones) is 1. The molecule has 4 atom stereocenters. The summed E-state index contributed by atoms with van der Waals surface area (Å²) in [6, 6.07) is 19.4. The van der Waals surface area contributed by atoms with Crippen molar-refractivity contribution < 1.29 is 37.1 Å². The lowest BCUT2D eigenvalue weighted by atomic mass is 9.87. The molecule has 0 saturated carbocycles. The molecule has 1 N–H and O–H groups in total. The second-order valence-corrected chi connectivity index (χ2v) is 14.0. The van der Waals surface area contributed by atoms with Gasteiger partial charge in [-0.2, -0.15) is 13.2 Å². The quantitative estimate of drug-likeness (QED) is 0.284. The Labute approximate surface area is 311 Å². The fraction of sp³-hybridized carbons (Fsp3) is 0.400. The van der Waals surface area contributed by atoms with Crippen LogP contribution < -0.4 is 5.32 Å². The molecular weight excluding hydrogens is 701 g/mol. The number of nitrogens with zero attached hydrogens (tertiary/aromatic N) is 5. The molecule has 11 nitrogen and oxygen atoms in total. The summed E-state index contributed by atoms with van der Waals surface area (Å²) in [4.78, 5) is 60.3. The molecule has 284 valence electrons. The number of amides is 4. The van der Waals surface area contributed by atoms with Crippen LogP contribution in [-0.4, -0.2) is 113 Å². The number of nitrogens with one attached hydrogen (secondary N) is 1. The zero-order valence-corrected chi connectivity index (χ0v) is 29.7. The predicted molar refractivity (Wildman–Crippen MR) is 193 cm³/mol. The highest BCUT2D eigenvalue weighted by Crippen LogP contribution is 2.39. The van der Waals surface area contributed by atoms with E-state index in [2.05, 4.69) is 15.3 Å². The fourth-order valence-corrected chi connectivity index (χ4v) is 7.79. The summed E-state index contributed by atoms with van der Waals surface area (Å²) in [5.74, 6) is -1.55. The van der Waals surface area contributed by atoms with Crippen molar-refractivity contribution in [3.63, 3.8) is 0 Å². The molecule has 4 amide bonds. The lowest BCUT2D eigenvalue weighted by Crippen LogP contribution is -2.74. The third-order valence-electron chi connectivity index (χ3n) is 10.7. The number of carbonyl (C=O) groups excluding carboxylic acids is 4. The highest BCUT2D eigenvalue weighted by molar-refractivity contribution is 5.99. The van der Waals surface area contributed by atoms with E-state index in [1.165, 1.54) is 21.9 Å². The predicted octanol–water partition coefficient (Wildman–Crippen LogP) is 4.72. The van der Waals surface area contributed by atoms with E-state index in [0.29, 0.717) is 26.2 Å². The van der Waals surface area contributed by atoms with E-state index in [0.717, 1.165) is 49.2 Å². The van der Waals surface area contributed by atoms with Crippen LogP contribution in [0.25, 0.3) is 6.08 Å². The molecule has 14 heteroatoms. The second-order valence-electron chi connectivity index (χ2n) is 14.0. The zero-order chi connectivity index (χ0) is 37.8. The van der Waals surface area contributed by atoms with Crippen LogP contribution in [-0.2, 0) is 31.8 Å². The van der Waals surface area contributed by atoms with Gasteiger partial charge in [-0.25, -0.2) is 14.8 Å². The monoisotopic (exact) mass is 744 g/mol. The van der Waals surface area contributed by atoms with Crippen LogP contribution in [0.3, 0.4) is 0 Å². The minimum absolute atomic E-state index is 0.0323. The zero-order valence-electron chi connectivity index (χ0n) is 29.7. The summed E-state index contributed by atoms with van der Waals surface area (Å²) < 4.78 is 45.9. The van der Waals surface area contributed by atoms with Gasteiger partial charge >= 0.3 is 12.3 Å². The van der Waals surface area contributed by atoms with Gasteiger partial charge in [-0.1, -0.05) is 84.9 Å². The summed E-state index contributed by atoms with van der Waals surface area (Å²) in [7, 11) is 0. The molecule has 0 bridgehead atoms. The minimum atomic E-state index is -4.57. The maximum Gasteiger partial charge on any atom is 0.416 e. The molecule has 7 rings (SSSR count). The van der Waals surface area contributed by atoms with Crippen LogP contribution in [0.1, 0.15) is 47.6 Å². The molecule has 0 radical (unpaired) electrons. The van der Waals surface area contributed by atoms with E-state index in [4.69, 9.17) is 4.74 Å². The summed E-state index contributed by atoms with van der Waals surface area (Å²) in [6.07, 6.45) is 0.218. The second kappa shape index (κ2) is 16.0. The van der Waals surface area contributed by atoms with Crippen molar-refractivity contribution in [3.05, 3.63) is 113 Å². The van der Waals surface area contributed by atoms with Crippen LogP contribution in [0.15, 0.2) is 91.0 Å². The Morgan fingerprint density at radius 2 is 1.52 bits per heavy atom. The maximum absolute atomic E-state index is 14.4. The highest BCUT2D eigenvalue weighted by atomic mass is 19.4. The Morgan fingerprint density at radius 1 is 0.852 bits per heavy atom. The standard InChI is InChI=1S/C40H43F3N6O5/c41-40(42,43)31-15-9-12-29(24-31)26-44-37(51)33(25-35(50)45-20-22-47(23-21-45)46-18-7-8-19-46)48-32(17-16-28-10-3-1-4-11-28)36(38(48)52)49-34(27-54-39(49)53)30-13-5-2-6-14-30/h1-6,9-17,24,32-34,36H,7-8,18-23,25-27H2,(H,44,51)/b17-16+/t32-,33+,34-,36+/m1/s1. The SMILES string of the molecule is O=C(NCc1cccc(C(F)(F)F)c1)[C@H](CC(=O)N1CCN(N2CCCC2)CC1)N1C(=O)[C@@H](N2C(=O)OC[C@@H]2c2ccccc2)[C@H]1/C=C/c1ccccc1. The summed E-state index contributed by atoms with van der Waals surface area (Å²) in [5, 5.41) is 7.27. The molecule has 4 fully saturated rings. The Kier molecular flexibility index (Phi) is 11.0. The number of benzene rings is 3. The number of hydrogen-bond donors (Lipinski definition) is 1. The normalized spacial score (nSPS) is 23.1. The van der Waals surface area contributed by atoms with E-state index in [9.17, 15) is 32.3 Å². The third kappa shape index (κ3) is 7.99. The lowest BCUT2D eigenvalue weighted by Gasteiger charge is -2.52. The molecule has 0 unspecified atom stereocenters. The van der Waals surface area contributed by atoms with Crippen molar-refractivity contribution in [2.24, 2.45) is 0 Å². The van der Waals surface area contributed by atoms with E-state index >= 15 is 0 Å². The molecule has 0 aromatic heterocycles. The van der Waals surface area contributed by atoms with Gasteiger partial charge in [0.25, 0.3) is 0 Å². The number of carbonyl (C=O) groups is 4. The van der Waals surface area contributed by atoms with Crippen molar-refractivity contribution in [3.8, 4) is 0 Å². The first kappa shape index (κ1) is 37.1. The van der Waals surface area contributed by atoms with Gasteiger partial charge < -0.3 is 19.9 Å². The molecule has 4 saturated heterocycles. The largest absolute Gasteiger partial charge is 0.447 e. The maximum atomic E-state index is 14.4. The number of rotatable bonds is 11. The molecule has 3 aromatic rings. The molecule has 0 aliphatic carbocycles. The van der Waals surface area contributed by atoms with E-state index in [1.807, 2.05) is 60.7 Å². The third-order valence-corrected chi connectivity index (χ3v) is 10.7. The first-order valence-electron chi connectivity index (χ1n) is 18.4. The van der Waals surface area contributed by atoms with Crippen LogP contribution >= 0.6 is 0 Å². The number of piperazine rings is 1. The van der Waals surface area contributed by atoms with Gasteiger partial charge in [0.15, 0.2) is 0 Å². The van der Waals surface area contributed by atoms with Gasteiger partial charge in [-0.05, 0) is 41.7 Å². The van der Waals surface area contributed by atoms with Crippen molar-refractivity contribution >= 4 is 29.9 Å². The Balaban J connectivity index is 1.17. The average molecular weight is 745 g/mol. The number of hydrazine groups is 1. The molecule has 4 aliphatic rings. The number of alkyl halides is 3. The molecule has 4 aliphatic heterocycles. The Bertz CT molecular complexity index is 1850. The summed E-state index contributed by atoms with van der Waals surface area (Å²) in [5.41, 5.74) is 0.946. The van der Waals surface area contributed by atoms with Crippen molar-refractivity contribution in [2.45, 2.75) is 56.2 Å². The van der Waals surface area contributed by atoms with Gasteiger partial charge in [-0.3, -0.25) is 19.3 Å². The Hall–Kier alpha value is -5.21. The molecule has 4 heterocycles. The summed E-state index contributed by atoms with van der Waals surface area (Å²) >= 11 is 0. The van der Waals surface area contributed by atoms with Gasteiger partial charge in [0.1, 0.15) is 18.7 Å². The Morgan fingerprint density at radius 3 is 2.20 bits per heavy atom. The van der Waals surface area contributed by atoms with Gasteiger partial charge in [0, 0.05) is 45.8 Å². The fourth-order valence-electron chi connectivity index (χ4n) is 7.79. The van der Waals surface area contributed by atoms with Crippen LogP contribution in [0, 0.1) is 0 Å². The average Bonchev–Trinajstić information content (AvgIpc) is 3.86. The van der Waals surface area contributed by atoms with Crippen LogP contribution in [0.5, 0.6) is 0 Å². The summed E-state index contributed by atoms with van der Waals surface area (Å²) in [6.45, 7) is 3.91. The van der Waals surface area contributed by atoms with Crippen LogP contribution in [0.4, 0.5) is 18.0 Å². The van der Waals surface area contributed by atoms with E-state index < -0.39 is 53.8 Å². The smallest absolute Gasteiger partial charge is 0.416 e. The topological polar surface area (TPSA) is 106 Å². The molecular formula is C40H43F3N6O5.